The van der Waals surface area contributed by atoms with E-state index in [0.717, 1.165) is 0 Å². The van der Waals surface area contributed by atoms with Crippen LogP contribution in [0.4, 0.5) is 0 Å². The Labute approximate surface area is 65.3 Å². The highest BCUT2D eigenvalue weighted by Gasteiger charge is 2.06. The zero-order valence-electron chi connectivity index (χ0n) is 6.40. The number of carbonyl (C=O) groups is 1. The molecule has 0 aromatic carbocycles. The molecule has 1 amide bonds. The van der Waals surface area contributed by atoms with E-state index in [4.69, 9.17) is 5.73 Å². The van der Waals surface area contributed by atoms with Gasteiger partial charge >= 0.3 is 7.68 Å². The molecule has 2 N–H and O–H groups in total. The molecule has 0 spiro atoms. The van der Waals surface area contributed by atoms with E-state index in [1.165, 1.54) is 19.9 Å². The second-order valence-electron chi connectivity index (χ2n) is 2.24. The van der Waals surface area contributed by atoms with E-state index in [-0.39, 0.29) is 5.57 Å². The monoisotopic (exact) mass is 175 g/mol. The van der Waals surface area contributed by atoms with Gasteiger partial charge in [-0.05, 0) is 13.8 Å². The molecular weight excluding hydrogens is 165 g/mol. The number of amides is 1. The molecule has 0 aromatic heterocycles. The molecule has 0 saturated carbocycles. The second-order valence-corrected chi connectivity index (χ2v) is 3.63. The van der Waals surface area contributed by atoms with Crippen molar-refractivity contribution in [2.45, 2.75) is 19.5 Å². The summed E-state index contributed by atoms with van der Waals surface area (Å²) in [5, 5.41) is 0. The summed E-state index contributed by atoms with van der Waals surface area (Å²) in [6.45, 7) is 2.97. The molecule has 0 aliphatic carbocycles. The molecule has 4 nitrogen and oxygen atoms in total. The summed E-state index contributed by atoms with van der Waals surface area (Å²) < 4.78 is 20.6. The summed E-state index contributed by atoms with van der Waals surface area (Å²) in [6, 6.07) is 0. The van der Waals surface area contributed by atoms with Gasteiger partial charge in [0.15, 0.2) is 0 Å². The molecule has 0 saturated heterocycles. The van der Waals surface area contributed by atoms with Gasteiger partial charge in [0.05, 0.1) is 5.66 Å². The van der Waals surface area contributed by atoms with Gasteiger partial charge in [-0.2, -0.15) is 0 Å². The fourth-order valence-corrected chi connectivity index (χ4v) is 0.850. The van der Waals surface area contributed by atoms with Crippen molar-refractivity contribution < 1.29 is 13.9 Å². The Kier molecular flexibility index (Phi) is 3.76. The lowest BCUT2D eigenvalue weighted by Gasteiger charge is -1.94. The first kappa shape index (κ1) is 10.1. The first-order valence-corrected chi connectivity index (χ1v) is 4.31. The lowest BCUT2D eigenvalue weighted by Crippen LogP contribution is -2.12. The van der Waals surface area contributed by atoms with Crippen LogP contribution in [-0.4, -0.2) is 11.6 Å². The Morgan fingerprint density at radius 3 is 2.27 bits per heavy atom. The number of rotatable bonds is 3. The van der Waals surface area contributed by atoms with Crippen LogP contribution in [-0.2, 0) is 13.9 Å². The number of hydrogen-bond donors (Lipinski definition) is 1. The normalized spacial score (nSPS) is 14.2. The minimum Gasteiger partial charge on any atom is -0.366 e. The maximum atomic E-state index is 10.4. The van der Waals surface area contributed by atoms with Gasteiger partial charge < -0.3 is 5.73 Å². The Morgan fingerprint density at radius 1 is 1.55 bits per heavy atom. The highest BCUT2D eigenvalue weighted by Crippen LogP contribution is 2.15. The zero-order chi connectivity index (χ0) is 9.02. The molecule has 0 fully saturated rings. The van der Waals surface area contributed by atoms with E-state index in [2.05, 4.69) is 0 Å². The van der Waals surface area contributed by atoms with Crippen molar-refractivity contribution in [1.29, 1.82) is 0 Å². The first-order chi connectivity index (χ1) is 4.95. The van der Waals surface area contributed by atoms with Crippen LogP contribution in [0.1, 0.15) is 13.8 Å². The Morgan fingerprint density at radius 2 is 2.00 bits per heavy atom. The quantitative estimate of drug-likeness (QED) is 0.513. The standard InChI is InChI=1S/C6H10NO3P/c1-4(6(7)8)3-5(2)11(9)10/h3,5H,1-2H3,(H2,7,8)/b4-3+. The van der Waals surface area contributed by atoms with E-state index in [0.29, 0.717) is 0 Å². The SMILES string of the molecule is C/C(=C\C(C)P(=O)=O)C(N)=O. The fourth-order valence-electron chi connectivity index (χ4n) is 0.505. The maximum Gasteiger partial charge on any atom is 0.322 e. The molecule has 0 aliphatic rings. The highest BCUT2D eigenvalue weighted by atomic mass is 31.1. The lowest BCUT2D eigenvalue weighted by molar-refractivity contribution is -0.114. The Hall–Kier alpha value is -0.890. The van der Waals surface area contributed by atoms with Crippen molar-refractivity contribution >= 4 is 13.6 Å². The van der Waals surface area contributed by atoms with Gasteiger partial charge in [0.2, 0.25) is 5.91 Å². The van der Waals surface area contributed by atoms with Gasteiger partial charge in [-0.3, -0.25) is 4.79 Å². The number of carbonyl (C=O) groups excluding carboxylic acids is 1. The lowest BCUT2D eigenvalue weighted by atomic mass is 10.2. The van der Waals surface area contributed by atoms with Crippen LogP contribution in [0, 0.1) is 0 Å². The second kappa shape index (κ2) is 4.09. The average Bonchev–Trinajstić information content (AvgIpc) is 1.87. The van der Waals surface area contributed by atoms with Crippen molar-refractivity contribution in [3.63, 3.8) is 0 Å². The van der Waals surface area contributed by atoms with Gasteiger partial charge in [-0.15, -0.1) is 0 Å². The predicted molar refractivity (Wildman–Crippen MR) is 40.7 cm³/mol. The summed E-state index contributed by atoms with van der Waals surface area (Å²) in [5.41, 5.74) is 4.53. The van der Waals surface area contributed by atoms with Gasteiger partial charge in [0.1, 0.15) is 0 Å². The summed E-state index contributed by atoms with van der Waals surface area (Å²) in [4.78, 5) is 10.4. The summed E-state index contributed by atoms with van der Waals surface area (Å²) in [6.07, 6.45) is 1.33. The third kappa shape index (κ3) is 3.73. The van der Waals surface area contributed by atoms with Crippen LogP contribution in [0.2, 0.25) is 0 Å². The number of hydrogen-bond acceptors (Lipinski definition) is 3. The van der Waals surface area contributed by atoms with Crippen LogP contribution in [0.25, 0.3) is 0 Å². The van der Waals surface area contributed by atoms with Gasteiger partial charge in [-0.1, -0.05) is 6.08 Å². The molecule has 0 rings (SSSR count). The fraction of sp³-hybridized carbons (Fsp3) is 0.500. The number of allylic oxidation sites excluding steroid dienone is 1. The summed E-state index contributed by atoms with van der Waals surface area (Å²) in [5.74, 6) is -0.589. The zero-order valence-corrected chi connectivity index (χ0v) is 7.30. The molecular formula is C6H10NO3P. The largest absolute Gasteiger partial charge is 0.366 e. The van der Waals surface area contributed by atoms with Gasteiger partial charge in [-0.25, -0.2) is 9.13 Å². The van der Waals surface area contributed by atoms with Gasteiger partial charge in [0.25, 0.3) is 0 Å². The first-order valence-electron chi connectivity index (χ1n) is 3.07. The van der Waals surface area contributed by atoms with Gasteiger partial charge in [0, 0.05) is 5.57 Å². The molecule has 0 heterocycles. The molecule has 0 aromatic rings. The highest BCUT2D eigenvalue weighted by molar-refractivity contribution is 7.32. The van der Waals surface area contributed by atoms with Crippen LogP contribution < -0.4 is 5.73 Å². The molecule has 62 valence electrons. The van der Waals surface area contributed by atoms with E-state index in [1.807, 2.05) is 0 Å². The van der Waals surface area contributed by atoms with E-state index in [9.17, 15) is 13.9 Å². The molecule has 0 bridgehead atoms. The van der Waals surface area contributed by atoms with Crippen LogP contribution in [0.3, 0.4) is 0 Å². The minimum absolute atomic E-state index is 0.275. The molecule has 5 heteroatoms. The predicted octanol–water partition coefficient (Wildman–Crippen LogP) is 0.979. The van der Waals surface area contributed by atoms with Crippen molar-refractivity contribution in [2.24, 2.45) is 5.73 Å². The smallest absolute Gasteiger partial charge is 0.322 e. The molecule has 0 aliphatic heterocycles. The molecule has 1 atom stereocenters. The Bertz CT molecular complexity index is 247. The van der Waals surface area contributed by atoms with E-state index < -0.39 is 19.2 Å². The van der Waals surface area contributed by atoms with E-state index >= 15 is 0 Å². The van der Waals surface area contributed by atoms with Crippen molar-refractivity contribution in [2.75, 3.05) is 0 Å². The molecule has 11 heavy (non-hydrogen) atoms. The van der Waals surface area contributed by atoms with Crippen LogP contribution in [0.15, 0.2) is 11.6 Å². The topological polar surface area (TPSA) is 77.2 Å². The third-order valence-corrected chi connectivity index (χ3v) is 2.03. The maximum absolute atomic E-state index is 10.4. The molecule has 0 radical (unpaired) electrons. The summed E-state index contributed by atoms with van der Waals surface area (Å²) in [7, 11) is -2.50. The van der Waals surface area contributed by atoms with E-state index in [1.54, 1.807) is 0 Å². The third-order valence-electron chi connectivity index (χ3n) is 1.21. The average molecular weight is 175 g/mol. The van der Waals surface area contributed by atoms with Crippen molar-refractivity contribution in [3.8, 4) is 0 Å². The van der Waals surface area contributed by atoms with Crippen molar-refractivity contribution in [1.82, 2.24) is 0 Å². The Balaban J connectivity index is 4.43. The minimum atomic E-state index is -2.50. The number of nitrogens with two attached hydrogens (primary N) is 1. The summed E-state index contributed by atoms with van der Waals surface area (Å²) >= 11 is 0. The van der Waals surface area contributed by atoms with Crippen LogP contribution >= 0.6 is 7.68 Å². The molecule has 1 unspecified atom stereocenters. The van der Waals surface area contributed by atoms with Crippen LogP contribution in [0.5, 0.6) is 0 Å². The number of primary amides is 1. The van der Waals surface area contributed by atoms with Crippen molar-refractivity contribution in [3.05, 3.63) is 11.6 Å².